The number of carbonyl (C=O) groups is 2. The molecule has 0 radical (unpaired) electrons. The van der Waals surface area contributed by atoms with Gasteiger partial charge in [-0.2, -0.15) is 0 Å². The Morgan fingerprint density at radius 3 is 2.57 bits per heavy atom. The molecule has 1 N–H and O–H groups in total. The summed E-state index contributed by atoms with van der Waals surface area (Å²) in [6.07, 6.45) is 3.04. The number of hydrogen-bond acceptors (Lipinski definition) is 4. The zero-order valence-corrected chi connectivity index (χ0v) is 16.4. The fourth-order valence-electron chi connectivity index (χ4n) is 3.17. The monoisotopic (exact) mass is 401 g/mol. The van der Waals surface area contributed by atoms with Gasteiger partial charge in [0.2, 0.25) is 0 Å². The molecule has 1 amide bonds. The third-order valence-electron chi connectivity index (χ3n) is 4.70. The van der Waals surface area contributed by atoms with E-state index in [1.807, 2.05) is 30.3 Å². The van der Waals surface area contributed by atoms with Crippen molar-refractivity contribution < 1.29 is 19.1 Å². The smallest absolute Gasteiger partial charge is 0.308 e. The fourth-order valence-corrected chi connectivity index (χ4v) is 3.39. The third-order valence-corrected chi connectivity index (χ3v) is 5.03. The van der Waals surface area contributed by atoms with E-state index in [9.17, 15) is 9.59 Å². The van der Waals surface area contributed by atoms with Gasteiger partial charge in [-0.3, -0.25) is 9.59 Å². The Labute approximate surface area is 170 Å². The Bertz CT molecular complexity index is 790. The summed E-state index contributed by atoms with van der Waals surface area (Å²) in [5.74, 6) is -0.703. The van der Waals surface area contributed by atoms with E-state index in [0.717, 1.165) is 24.8 Å². The molecule has 1 fully saturated rings. The quantitative estimate of drug-likeness (QED) is 0.702. The van der Waals surface area contributed by atoms with Crippen LogP contribution in [-0.2, 0) is 14.3 Å². The highest BCUT2D eigenvalue weighted by Crippen LogP contribution is 2.21. The minimum Gasteiger partial charge on any atom is -0.463 e. The number of halogens is 1. The summed E-state index contributed by atoms with van der Waals surface area (Å²) in [5.41, 5.74) is 1.20. The van der Waals surface area contributed by atoms with Gasteiger partial charge in [0.05, 0.1) is 29.2 Å². The van der Waals surface area contributed by atoms with Crippen molar-refractivity contribution in [2.45, 2.75) is 37.8 Å². The van der Waals surface area contributed by atoms with Crippen molar-refractivity contribution in [3.8, 4) is 0 Å². The van der Waals surface area contributed by atoms with Crippen molar-refractivity contribution in [3.05, 3.63) is 70.7 Å². The van der Waals surface area contributed by atoms with Gasteiger partial charge < -0.3 is 14.8 Å². The summed E-state index contributed by atoms with van der Waals surface area (Å²) in [6, 6.07) is 15.7. The highest BCUT2D eigenvalue weighted by molar-refractivity contribution is 6.33. The average Bonchev–Trinajstić information content (AvgIpc) is 2.73. The second-order valence-electron chi connectivity index (χ2n) is 6.79. The molecule has 28 heavy (non-hydrogen) atoms. The van der Waals surface area contributed by atoms with Gasteiger partial charge in [-0.05, 0) is 37.0 Å². The normalized spacial score (nSPS) is 17.5. The molecule has 0 saturated carbocycles. The molecule has 2 unspecified atom stereocenters. The molecule has 0 spiro atoms. The minimum absolute atomic E-state index is 0.0346. The molecule has 148 valence electrons. The first-order chi connectivity index (χ1) is 13.6. The number of nitrogens with one attached hydrogen (secondary N) is 1. The van der Waals surface area contributed by atoms with Gasteiger partial charge in [0, 0.05) is 6.61 Å². The van der Waals surface area contributed by atoms with Crippen molar-refractivity contribution in [1.29, 1.82) is 0 Å². The largest absolute Gasteiger partial charge is 0.463 e. The maximum absolute atomic E-state index is 12.7. The number of benzene rings is 2. The van der Waals surface area contributed by atoms with Crippen LogP contribution in [0.1, 0.15) is 47.6 Å². The lowest BCUT2D eigenvalue weighted by atomic mass is 10.0. The average molecular weight is 402 g/mol. The van der Waals surface area contributed by atoms with Gasteiger partial charge in [-0.15, -0.1) is 0 Å². The van der Waals surface area contributed by atoms with Crippen molar-refractivity contribution in [2.24, 2.45) is 0 Å². The van der Waals surface area contributed by atoms with Gasteiger partial charge in [0.25, 0.3) is 5.91 Å². The predicted molar refractivity (Wildman–Crippen MR) is 107 cm³/mol. The van der Waals surface area contributed by atoms with Crippen LogP contribution in [0, 0.1) is 0 Å². The number of carbonyl (C=O) groups excluding carboxylic acids is 2. The Kier molecular flexibility index (Phi) is 7.46. The molecule has 2 aromatic carbocycles. The molecule has 1 heterocycles. The number of ether oxygens (including phenoxy) is 2. The zero-order valence-electron chi connectivity index (χ0n) is 15.6. The minimum atomic E-state index is -0.509. The van der Waals surface area contributed by atoms with Gasteiger partial charge >= 0.3 is 5.97 Å². The summed E-state index contributed by atoms with van der Waals surface area (Å²) in [6.45, 7) is 0.960. The molecule has 2 aromatic rings. The van der Waals surface area contributed by atoms with Crippen molar-refractivity contribution in [2.75, 3.05) is 13.2 Å². The van der Waals surface area contributed by atoms with E-state index in [2.05, 4.69) is 5.32 Å². The lowest BCUT2D eigenvalue weighted by Crippen LogP contribution is -2.32. The van der Waals surface area contributed by atoms with Crippen LogP contribution in [0.2, 0.25) is 5.02 Å². The zero-order chi connectivity index (χ0) is 19.8. The van der Waals surface area contributed by atoms with Crippen molar-refractivity contribution in [3.63, 3.8) is 0 Å². The molecule has 1 aliphatic rings. The number of amides is 1. The maximum Gasteiger partial charge on any atom is 0.308 e. The number of esters is 1. The standard InChI is InChI=1S/C22H24ClNO4/c23-19-12-5-4-11-18(19)22(26)24-20(16-8-2-1-3-9-16)14-21(25)28-15-17-10-6-7-13-27-17/h1-5,8-9,11-12,17,20H,6-7,10,13-15H2,(H,24,26). The topological polar surface area (TPSA) is 64.6 Å². The van der Waals surface area contributed by atoms with Crippen LogP contribution in [0.5, 0.6) is 0 Å². The molecule has 1 aliphatic heterocycles. The van der Waals surface area contributed by atoms with Crippen molar-refractivity contribution >= 4 is 23.5 Å². The molecule has 0 aliphatic carbocycles. The second kappa shape index (κ2) is 10.2. The third kappa shape index (κ3) is 5.81. The fraction of sp³-hybridized carbons (Fsp3) is 0.364. The van der Waals surface area contributed by atoms with Crippen LogP contribution in [0.3, 0.4) is 0 Å². The second-order valence-corrected chi connectivity index (χ2v) is 7.20. The van der Waals surface area contributed by atoms with E-state index >= 15 is 0 Å². The number of rotatable bonds is 7. The van der Waals surface area contributed by atoms with Crippen molar-refractivity contribution in [1.82, 2.24) is 5.32 Å². The van der Waals surface area contributed by atoms with E-state index in [1.165, 1.54) is 0 Å². The Balaban J connectivity index is 1.64. The Morgan fingerprint density at radius 2 is 1.86 bits per heavy atom. The molecule has 3 rings (SSSR count). The molecule has 5 nitrogen and oxygen atoms in total. The van der Waals surface area contributed by atoms with E-state index < -0.39 is 6.04 Å². The molecule has 0 aromatic heterocycles. The number of hydrogen-bond donors (Lipinski definition) is 1. The van der Waals surface area contributed by atoms with E-state index in [-0.39, 0.29) is 31.0 Å². The molecule has 2 atom stereocenters. The predicted octanol–water partition coefficient (Wildman–Crippen LogP) is 4.31. The van der Waals surface area contributed by atoms with Crippen LogP contribution < -0.4 is 5.32 Å². The van der Waals surface area contributed by atoms with Crippen LogP contribution in [-0.4, -0.2) is 31.2 Å². The first-order valence-electron chi connectivity index (χ1n) is 9.51. The SMILES string of the molecule is O=C(CC(NC(=O)c1ccccc1Cl)c1ccccc1)OCC1CCCCO1. The van der Waals surface area contributed by atoms with Gasteiger partial charge in [0.15, 0.2) is 0 Å². The molecular formula is C22H24ClNO4. The highest BCUT2D eigenvalue weighted by Gasteiger charge is 2.22. The first kappa shape index (κ1) is 20.4. The Hall–Kier alpha value is -2.37. The summed E-state index contributed by atoms with van der Waals surface area (Å²) >= 11 is 6.12. The Morgan fingerprint density at radius 1 is 1.11 bits per heavy atom. The van der Waals surface area contributed by atoms with E-state index in [0.29, 0.717) is 17.2 Å². The van der Waals surface area contributed by atoms with Gasteiger partial charge in [-0.1, -0.05) is 54.1 Å². The molecule has 6 heteroatoms. The molecule has 1 saturated heterocycles. The van der Waals surface area contributed by atoms with Crippen LogP contribution >= 0.6 is 11.6 Å². The van der Waals surface area contributed by atoms with E-state index in [4.69, 9.17) is 21.1 Å². The van der Waals surface area contributed by atoms with Crippen LogP contribution in [0.4, 0.5) is 0 Å². The summed E-state index contributed by atoms with van der Waals surface area (Å²) in [7, 11) is 0. The van der Waals surface area contributed by atoms with Crippen LogP contribution in [0.25, 0.3) is 0 Å². The molecule has 0 bridgehead atoms. The lowest BCUT2D eigenvalue weighted by molar-refractivity contribution is -0.149. The summed E-state index contributed by atoms with van der Waals surface area (Å²) in [5, 5.41) is 3.27. The first-order valence-corrected chi connectivity index (χ1v) is 9.89. The van der Waals surface area contributed by atoms with Gasteiger partial charge in [0.1, 0.15) is 6.61 Å². The summed E-state index contributed by atoms with van der Waals surface area (Å²) < 4.78 is 11.0. The van der Waals surface area contributed by atoms with E-state index in [1.54, 1.807) is 24.3 Å². The lowest BCUT2D eigenvalue weighted by Gasteiger charge is -2.23. The highest BCUT2D eigenvalue weighted by atomic mass is 35.5. The van der Waals surface area contributed by atoms with Crippen LogP contribution in [0.15, 0.2) is 54.6 Å². The summed E-state index contributed by atoms with van der Waals surface area (Å²) in [4.78, 5) is 25.1. The van der Waals surface area contributed by atoms with Gasteiger partial charge in [-0.25, -0.2) is 0 Å². The molecular weight excluding hydrogens is 378 g/mol. The maximum atomic E-state index is 12.7.